The van der Waals surface area contributed by atoms with Gasteiger partial charge in [-0.15, -0.1) is 0 Å². The van der Waals surface area contributed by atoms with Crippen LogP contribution in [0.1, 0.15) is 39.2 Å². The molecule has 0 unspecified atom stereocenters. The summed E-state index contributed by atoms with van der Waals surface area (Å²) < 4.78 is 32.5. The molecule has 0 radical (unpaired) electrons. The van der Waals surface area contributed by atoms with Gasteiger partial charge in [0.05, 0.1) is 0 Å². The molecule has 0 atom stereocenters. The molecule has 2 rings (SSSR count). The van der Waals surface area contributed by atoms with Crippen LogP contribution in [0.4, 0.5) is 13.6 Å². The van der Waals surface area contributed by atoms with E-state index in [1.54, 1.807) is 4.90 Å². The average molecular weight is 326 g/mol. The molecular weight excluding hydrogens is 302 g/mol. The first-order valence-corrected chi connectivity index (χ1v) is 7.90. The van der Waals surface area contributed by atoms with Gasteiger partial charge in [-0.1, -0.05) is 6.07 Å². The zero-order chi connectivity index (χ0) is 17.0. The number of amides is 1. The van der Waals surface area contributed by atoms with Crippen LogP contribution >= 0.6 is 0 Å². The highest BCUT2D eigenvalue weighted by Crippen LogP contribution is 2.17. The first kappa shape index (κ1) is 17.7. The summed E-state index contributed by atoms with van der Waals surface area (Å²) in [5.74, 6) is -1.08. The van der Waals surface area contributed by atoms with Gasteiger partial charge in [-0.3, -0.25) is 0 Å². The summed E-state index contributed by atoms with van der Waals surface area (Å²) in [5.41, 5.74) is -0.448. The topological polar surface area (TPSA) is 41.6 Å². The Kier molecular flexibility index (Phi) is 5.57. The van der Waals surface area contributed by atoms with Crippen LogP contribution in [0.15, 0.2) is 18.2 Å². The van der Waals surface area contributed by atoms with Gasteiger partial charge < -0.3 is 15.0 Å². The minimum absolute atomic E-state index is 0.0575. The molecule has 1 aromatic rings. The zero-order valence-electron chi connectivity index (χ0n) is 13.9. The Labute approximate surface area is 135 Å². The Morgan fingerprint density at radius 2 is 1.83 bits per heavy atom. The van der Waals surface area contributed by atoms with Crippen molar-refractivity contribution < 1.29 is 18.3 Å². The van der Waals surface area contributed by atoms with Gasteiger partial charge in [-0.05, 0) is 45.7 Å². The predicted molar refractivity (Wildman–Crippen MR) is 84.0 cm³/mol. The summed E-state index contributed by atoms with van der Waals surface area (Å²) in [6, 6.07) is 4.00. The number of nitrogens with zero attached hydrogens (tertiary/aromatic N) is 1. The Morgan fingerprint density at radius 3 is 2.35 bits per heavy atom. The van der Waals surface area contributed by atoms with Crippen molar-refractivity contribution in [3.05, 3.63) is 35.4 Å². The third-order valence-electron chi connectivity index (χ3n) is 3.78. The number of piperidine rings is 1. The van der Waals surface area contributed by atoms with Crippen LogP contribution in [0.2, 0.25) is 0 Å². The lowest BCUT2D eigenvalue weighted by Crippen LogP contribution is -2.46. The van der Waals surface area contributed by atoms with Gasteiger partial charge in [0.25, 0.3) is 0 Å². The molecular formula is C17H24F2N2O2. The highest BCUT2D eigenvalue weighted by atomic mass is 19.1. The van der Waals surface area contributed by atoms with E-state index >= 15 is 0 Å². The highest BCUT2D eigenvalue weighted by Gasteiger charge is 2.26. The highest BCUT2D eigenvalue weighted by molar-refractivity contribution is 5.68. The predicted octanol–water partition coefficient (Wildman–Crippen LogP) is 3.45. The lowest BCUT2D eigenvalue weighted by molar-refractivity contribution is 0.0198. The van der Waals surface area contributed by atoms with Gasteiger partial charge in [0.15, 0.2) is 0 Å². The van der Waals surface area contributed by atoms with E-state index in [1.807, 2.05) is 20.8 Å². The Bertz CT molecular complexity index is 530. The van der Waals surface area contributed by atoms with Gasteiger partial charge in [0.1, 0.15) is 17.2 Å². The fourth-order valence-corrected chi connectivity index (χ4v) is 2.54. The van der Waals surface area contributed by atoms with Gasteiger partial charge in [-0.25, -0.2) is 13.6 Å². The monoisotopic (exact) mass is 326 g/mol. The number of hydrogen-bond acceptors (Lipinski definition) is 3. The number of ether oxygens (including phenoxy) is 1. The fourth-order valence-electron chi connectivity index (χ4n) is 2.54. The van der Waals surface area contributed by atoms with Crippen molar-refractivity contribution in [2.45, 2.75) is 51.8 Å². The van der Waals surface area contributed by atoms with Crippen molar-refractivity contribution in [2.24, 2.45) is 0 Å². The quantitative estimate of drug-likeness (QED) is 0.925. The molecule has 0 aliphatic carbocycles. The van der Waals surface area contributed by atoms with E-state index in [0.717, 1.165) is 12.8 Å². The van der Waals surface area contributed by atoms with E-state index in [9.17, 15) is 13.6 Å². The first-order chi connectivity index (χ1) is 10.8. The summed E-state index contributed by atoms with van der Waals surface area (Å²) in [5, 5.41) is 3.17. The van der Waals surface area contributed by atoms with E-state index in [-0.39, 0.29) is 24.2 Å². The third-order valence-corrected chi connectivity index (χ3v) is 3.78. The van der Waals surface area contributed by atoms with Crippen molar-refractivity contribution >= 4 is 6.09 Å². The maximum Gasteiger partial charge on any atom is 0.410 e. The molecule has 1 N–H and O–H groups in total. The van der Waals surface area contributed by atoms with Crippen molar-refractivity contribution in [3.63, 3.8) is 0 Å². The molecule has 1 heterocycles. The SMILES string of the molecule is CC(C)(C)OC(=O)N1CCC(NCc2c(F)cccc2F)CC1. The number of likely N-dealkylation sites (tertiary alicyclic amines) is 1. The van der Waals surface area contributed by atoms with Crippen LogP contribution in [-0.4, -0.2) is 35.7 Å². The fraction of sp³-hybridized carbons (Fsp3) is 0.588. The van der Waals surface area contributed by atoms with E-state index in [2.05, 4.69) is 5.32 Å². The second-order valence-electron chi connectivity index (χ2n) is 6.82. The lowest BCUT2D eigenvalue weighted by Gasteiger charge is -2.33. The standard InChI is InChI=1S/C17H24F2N2O2/c1-17(2,3)23-16(22)21-9-7-12(8-10-21)20-11-13-14(18)5-4-6-15(13)19/h4-6,12,20H,7-11H2,1-3H3. The van der Waals surface area contributed by atoms with Gasteiger partial charge >= 0.3 is 6.09 Å². The summed E-state index contributed by atoms with van der Waals surface area (Å²) >= 11 is 0. The van der Waals surface area contributed by atoms with Crippen LogP contribution < -0.4 is 5.32 Å². The zero-order valence-corrected chi connectivity index (χ0v) is 13.9. The second-order valence-corrected chi connectivity index (χ2v) is 6.82. The molecule has 23 heavy (non-hydrogen) atoms. The maximum absolute atomic E-state index is 13.6. The number of carbonyl (C=O) groups excluding carboxylic acids is 1. The first-order valence-electron chi connectivity index (χ1n) is 7.90. The maximum atomic E-state index is 13.6. The number of nitrogens with one attached hydrogen (secondary N) is 1. The van der Waals surface area contributed by atoms with Crippen LogP contribution in [0.5, 0.6) is 0 Å². The number of benzene rings is 1. The second kappa shape index (κ2) is 7.25. The number of halogens is 2. The van der Waals surface area contributed by atoms with Crippen molar-refractivity contribution in [3.8, 4) is 0 Å². The molecule has 1 aliphatic rings. The smallest absolute Gasteiger partial charge is 0.410 e. The third kappa shape index (κ3) is 5.16. The largest absolute Gasteiger partial charge is 0.444 e. The number of carbonyl (C=O) groups is 1. The molecule has 1 aromatic carbocycles. The summed E-state index contributed by atoms with van der Waals surface area (Å²) in [4.78, 5) is 13.6. The summed E-state index contributed by atoms with van der Waals surface area (Å²) in [6.07, 6.45) is 1.15. The van der Waals surface area contributed by atoms with E-state index < -0.39 is 17.2 Å². The molecule has 1 amide bonds. The Balaban J connectivity index is 1.80. The Morgan fingerprint density at radius 1 is 1.26 bits per heavy atom. The number of rotatable bonds is 3. The number of hydrogen-bond donors (Lipinski definition) is 1. The van der Waals surface area contributed by atoms with Crippen LogP contribution in [0.25, 0.3) is 0 Å². The Hall–Kier alpha value is -1.69. The molecule has 0 aromatic heterocycles. The molecule has 1 aliphatic heterocycles. The molecule has 1 saturated heterocycles. The van der Waals surface area contributed by atoms with Crippen molar-refractivity contribution in [1.29, 1.82) is 0 Å². The summed E-state index contributed by atoms with van der Waals surface area (Å²) in [7, 11) is 0. The molecule has 128 valence electrons. The minimum atomic E-state index is -0.538. The van der Waals surface area contributed by atoms with Gasteiger partial charge in [0.2, 0.25) is 0 Å². The molecule has 1 fully saturated rings. The minimum Gasteiger partial charge on any atom is -0.444 e. The van der Waals surface area contributed by atoms with E-state index in [1.165, 1.54) is 18.2 Å². The average Bonchev–Trinajstić information content (AvgIpc) is 2.45. The summed E-state index contributed by atoms with van der Waals surface area (Å²) in [6.45, 7) is 6.81. The van der Waals surface area contributed by atoms with Crippen LogP contribution in [0.3, 0.4) is 0 Å². The van der Waals surface area contributed by atoms with Gasteiger partial charge in [0, 0.05) is 31.2 Å². The molecule has 0 saturated carbocycles. The lowest BCUT2D eigenvalue weighted by atomic mass is 10.0. The molecule has 6 heteroatoms. The molecule has 0 spiro atoms. The van der Waals surface area contributed by atoms with Crippen LogP contribution in [0, 0.1) is 11.6 Å². The van der Waals surface area contributed by atoms with E-state index in [4.69, 9.17) is 4.74 Å². The van der Waals surface area contributed by atoms with Gasteiger partial charge in [-0.2, -0.15) is 0 Å². The normalized spacial score (nSPS) is 16.5. The van der Waals surface area contributed by atoms with Crippen molar-refractivity contribution in [2.75, 3.05) is 13.1 Å². The molecule has 0 bridgehead atoms. The van der Waals surface area contributed by atoms with Crippen LogP contribution in [-0.2, 0) is 11.3 Å². The molecule has 4 nitrogen and oxygen atoms in total. The van der Waals surface area contributed by atoms with Crippen molar-refractivity contribution in [1.82, 2.24) is 10.2 Å². The van der Waals surface area contributed by atoms with E-state index in [0.29, 0.717) is 13.1 Å².